The van der Waals surface area contributed by atoms with Gasteiger partial charge >= 0.3 is 0 Å². The predicted octanol–water partition coefficient (Wildman–Crippen LogP) is 1.94. The van der Waals surface area contributed by atoms with Crippen LogP contribution < -0.4 is 27.4 Å². The topological polar surface area (TPSA) is 189 Å². The third-order valence-electron chi connectivity index (χ3n) is 8.39. The smallest absolute Gasteiger partial charge is 0.246 e. The van der Waals surface area contributed by atoms with Crippen molar-refractivity contribution in [3.8, 4) is 0 Å². The molecule has 11 nitrogen and oxygen atoms in total. The van der Waals surface area contributed by atoms with Crippen molar-refractivity contribution < 1.29 is 24.0 Å². The number of nitrogens with two attached hydrogens (primary N) is 2. The molecule has 0 saturated carbocycles. The summed E-state index contributed by atoms with van der Waals surface area (Å²) in [4.78, 5) is 68.6. The largest absolute Gasteiger partial charge is 0.370 e. The second kappa shape index (κ2) is 13.3. The Labute approximate surface area is 256 Å². The van der Waals surface area contributed by atoms with Gasteiger partial charge in [0.15, 0.2) is 0 Å². The highest BCUT2D eigenvalue weighted by atomic mass is 16.2. The maximum atomic E-state index is 14.4. The highest BCUT2D eigenvalue weighted by Crippen LogP contribution is 2.36. The Bertz CT molecular complexity index is 1550. The van der Waals surface area contributed by atoms with Crippen molar-refractivity contribution in [2.24, 2.45) is 23.3 Å². The second-order valence-electron chi connectivity index (χ2n) is 12.3. The van der Waals surface area contributed by atoms with Crippen molar-refractivity contribution in [3.63, 3.8) is 0 Å². The molecule has 1 aromatic heterocycles. The molecule has 0 bridgehead atoms. The number of aromatic nitrogens is 1. The van der Waals surface area contributed by atoms with E-state index in [1.54, 1.807) is 13.8 Å². The lowest BCUT2D eigenvalue weighted by molar-refractivity contribution is -0.138. The summed E-state index contributed by atoms with van der Waals surface area (Å²) in [5.74, 6) is -4.21. The van der Waals surface area contributed by atoms with Crippen LogP contribution in [0.5, 0.6) is 0 Å². The van der Waals surface area contributed by atoms with Gasteiger partial charge in [-0.15, -0.1) is 0 Å². The first-order valence-corrected chi connectivity index (χ1v) is 15.0. The van der Waals surface area contributed by atoms with Crippen molar-refractivity contribution in [3.05, 3.63) is 71.4 Å². The first-order valence-electron chi connectivity index (χ1n) is 15.0. The number of hydrogen-bond acceptors (Lipinski definition) is 5. The standard InChI is InChI=1S/C33H42N6O5/c1-18(2)27(20-10-6-5-7-11-20)30(42)39-33(15-14-24-22(17-33)21-12-8-9-13-23(21)36-24)32(44)38-28(19(3)4)31(43)37-25(29(35)41)16-26(34)40/h5-13,18-19,25,27-28,36H,14-17H2,1-4H3,(H2,34,40)(H2,35,41)(H,37,43)(H,38,44)(H,39,42)/t25-,27?,28-,33-/m0/s1. The highest BCUT2D eigenvalue weighted by molar-refractivity contribution is 5.99. The van der Waals surface area contributed by atoms with Gasteiger partial charge in [-0.05, 0) is 41.9 Å². The van der Waals surface area contributed by atoms with Crippen molar-refractivity contribution in [2.75, 3.05) is 0 Å². The maximum Gasteiger partial charge on any atom is 0.246 e. The third kappa shape index (κ3) is 6.93. The van der Waals surface area contributed by atoms with E-state index in [-0.39, 0.29) is 18.2 Å². The van der Waals surface area contributed by atoms with Gasteiger partial charge in [0.05, 0.1) is 12.3 Å². The van der Waals surface area contributed by atoms with Crippen LogP contribution in [-0.4, -0.2) is 52.1 Å². The number of hydrogen-bond donors (Lipinski definition) is 6. The van der Waals surface area contributed by atoms with Gasteiger partial charge in [0.2, 0.25) is 29.5 Å². The number of aryl methyl sites for hydroxylation is 1. The molecule has 1 unspecified atom stereocenters. The Hall–Kier alpha value is -4.67. The normalized spacial score (nSPS) is 18.2. The fraction of sp³-hybridized carbons (Fsp3) is 0.424. The Morgan fingerprint density at radius 1 is 0.864 bits per heavy atom. The number of carbonyl (C=O) groups excluding carboxylic acids is 5. The number of para-hydroxylation sites is 1. The summed E-state index contributed by atoms with van der Waals surface area (Å²) in [5, 5.41) is 9.43. The van der Waals surface area contributed by atoms with Crippen molar-refractivity contribution in [1.29, 1.82) is 0 Å². The monoisotopic (exact) mass is 602 g/mol. The van der Waals surface area contributed by atoms with Crippen LogP contribution >= 0.6 is 0 Å². The van der Waals surface area contributed by atoms with Gasteiger partial charge in [-0.1, -0.05) is 76.2 Å². The average Bonchev–Trinajstić information content (AvgIpc) is 3.33. The lowest BCUT2D eigenvalue weighted by Gasteiger charge is -2.39. The minimum atomic E-state index is -1.37. The molecule has 2 aromatic carbocycles. The minimum absolute atomic E-state index is 0.0602. The molecule has 0 spiro atoms. The molecule has 0 radical (unpaired) electrons. The van der Waals surface area contributed by atoms with Gasteiger partial charge in [-0.25, -0.2) is 0 Å². The van der Waals surface area contributed by atoms with E-state index in [0.29, 0.717) is 12.8 Å². The zero-order valence-corrected chi connectivity index (χ0v) is 25.6. The molecule has 1 aliphatic rings. The lowest BCUT2D eigenvalue weighted by Crippen LogP contribution is -2.66. The Morgan fingerprint density at radius 3 is 2.14 bits per heavy atom. The Morgan fingerprint density at radius 2 is 1.52 bits per heavy atom. The van der Waals surface area contributed by atoms with E-state index in [9.17, 15) is 24.0 Å². The fourth-order valence-electron chi connectivity index (χ4n) is 6.07. The first-order chi connectivity index (χ1) is 20.8. The van der Waals surface area contributed by atoms with E-state index in [1.807, 2.05) is 68.4 Å². The van der Waals surface area contributed by atoms with Gasteiger partial charge in [-0.2, -0.15) is 0 Å². The summed E-state index contributed by atoms with van der Waals surface area (Å²) in [6.45, 7) is 7.41. The molecule has 44 heavy (non-hydrogen) atoms. The number of aromatic amines is 1. The molecule has 1 aliphatic carbocycles. The average molecular weight is 603 g/mol. The summed E-state index contributed by atoms with van der Waals surface area (Å²) < 4.78 is 0. The molecule has 0 saturated heterocycles. The van der Waals surface area contributed by atoms with Gasteiger partial charge < -0.3 is 32.4 Å². The molecule has 0 aliphatic heterocycles. The maximum absolute atomic E-state index is 14.4. The van der Waals surface area contributed by atoms with Crippen molar-refractivity contribution >= 4 is 40.4 Å². The summed E-state index contributed by atoms with van der Waals surface area (Å²) in [6, 6.07) is 14.8. The highest BCUT2D eigenvalue weighted by Gasteiger charge is 2.46. The van der Waals surface area contributed by atoms with Crippen LogP contribution in [0.15, 0.2) is 54.6 Å². The van der Waals surface area contributed by atoms with E-state index in [2.05, 4.69) is 20.9 Å². The molecular formula is C33H42N6O5. The molecule has 234 valence electrons. The molecule has 3 aromatic rings. The quantitative estimate of drug-likeness (QED) is 0.184. The summed E-state index contributed by atoms with van der Waals surface area (Å²) >= 11 is 0. The summed E-state index contributed by atoms with van der Waals surface area (Å²) in [7, 11) is 0. The van der Waals surface area contributed by atoms with E-state index < -0.39 is 59.5 Å². The molecule has 5 amide bonds. The Kier molecular flexibility index (Phi) is 9.76. The van der Waals surface area contributed by atoms with Crippen LogP contribution in [0.1, 0.15) is 63.3 Å². The van der Waals surface area contributed by atoms with E-state index in [4.69, 9.17) is 11.5 Å². The zero-order chi connectivity index (χ0) is 32.2. The molecule has 11 heteroatoms. The van der Waals surface area contributed by atoms with Crippen LogP contribution in [0.3, 0.4) is 0 Å². The molecular weight excluding hydrogens is 560 g/mol. The summed E-state index contributed by atoms with van der Waals surface area (Å²) in [5.41, 5.74) is 13.0. The molecule has 4 atom stereocenters. The van der Waals surface area contributed by atoms with Gasteiger partial charge in [-0.3, -0.25) is 24.0 Å². The Balaban J connectivity index is 1.69. The minimum Gasteiger partial charge on any atom is -0.370 e. The van der Waals surface area contributed by atoms with Crippen LogP contribution in [0.2, 0.25) is 0 Å². The van der Waals surface area contributed by atoms with E-state index in [1.165, 1.54) is 0 Å². The van der Waals surface area contributed by atoms with E-state index in [0.717, 1.165) is 27.7 Å². The van der Waals surface area contributed by atoms with Gasteiger partial charge in [0, 0.05) is 23.0 Å². The molecule has 1 heterocycles. The fourth-order valence-corrected chi connectivity index (χ4v) is 6.07. The van der Waals surface area contributed by atoms with Crippen LogP contribution in [0.25, 0.3) is 10.9 Å². The lowest BCUT2D eigenvalue weighted by atomic mass is 9.77. The zero-order valence-electron chi connectivity index (χ0n) is 25.6. The third-order valence-corrected chi connectivity index (χ3v) is 8.39. The van der Waals surface area contributed by atoms with Crippen molar-refractivity contribution in [2.45, 2.75) is 76.9 Å². The SMILES string of the molecule is CC(C)C(C(=O)N[C@@]1(C(=O)N[C@H](C(=O)N[C@@H](CC(N)=O)C(N)=O)C(C)C)CCc2[nH]c3ccccc3c2C1)c1ccccc1. The number of rotatable bonds is 12. The van der Waals surface area contributed by atoms with Crippen LogP contribution in [0, 0.1) is 11.8 Å². The second-order valence-corrected chi connectivity index (χ2v) is 12.3. The van der Waals surface area contributed by atoms with Crippen molar-refractivity contribution in [1.82, 2.24) is 20.9 Å². The van der Waals surface area contributed by atoms with Crippen LogP contribution in [-0.2, 0) is 36.8 Å². The number of primary amides is 2. The van der Waals surface area contributed by atoms with Gasteiger partial charge in [0.25, 0.3) is 0 Å². The number of amides is 5. The van der Waals surface area contributed by atoms with Gasteiger partial charge in [0.1, 0.15) is 17.6 Å². The number of carbonyl (C=O) groups is 5. The predicted molar refractivity (Wildman–Crippen MR) is 167 cm³/mol. The van der Waals surface area contributed by atoms with Crippen LogP contribution in [0.4, 0.5) is 0 Å². The molecule has 0 fully saturated rings. The van der Waals surface area contributed by atoms with E-state index >= 15 is 0 Å². The molecule has 8 N–H and O–H groups in total. The molecule has 4 rings (SSSR count). The number of fused-ring (bicyclic) bond motifs is 3. The number of H-pyrrole nitrogens is 1. The number of nitrogens with one attached hydrogen (secondary N) is 4. The number of benzene rings is 2. The first kappa shape index (κ1) is 32.2. The summed E-state index contributed by atoms with van der Waals surface area (Å²) in [6.07, 6.45) is 0.527.